The Kier molecular flexibility index (Phi) is 11.5. The zero-order valence-corrected chi connectivity index (χ0v) is 27.9. The number of nitrogens with zero attached hydrogens (tertiary/aromatic N) is 2. The first kappa shape index (κ1) is 33.9. The van der Waals surface area contributed by atoms with Gasteiger partial charge in [0, 0.05) is 33.2 Å². The van der Waals surface area contributed by atoms with Gasteiger partial charge in [0.05, 0.1) is 17.7 Å². The Balaban J connectivity index is 1.80. The second kappa shape index (κ2) is 14.9. The Hall–Kier alpha value is -2.98. The van der Waals surface area contributed by atoms with Crippen molar-refractivity contribution in [3.05, 3.63) is 86.9 Å². The van der Waals surface area contributed by atoms with Gasteiger partial charge in [0.2, 0.25) is 11.8 Å². The highest BCUT2D eigenvalue weighted by molar-refractivity contribution is 7.92. The molecule has 0 heterocycles. The van der Waals surface area contributed by atoms with Crippen LogP contribution in [0.4, 0.5) is 5.69 Å². The lowest BCUT2D eigenvalue weighted by atomic mass is 10.1. The zero-order valence-electron chi connectivity index (χ0n) is 24.9. The standard InChI is InChI=1S/C32H36Cl3N3O5S/c1-4-28(32(40)36-23-8-5-6-9-23)37(19-25-26(34)10-7-11-27(25)35)31(39)20-38(29-18-22(33)14-17-30(29)43-3)44(41,42)24-15-12-21(2)13-16-24/h7,10-18,23,28H,4-6,8-9,19-20H2,1-3H3,(H,36,40). The number of amides is 2. The summed E-state index contributed by atoms with van der Waals surface area (Å²) >= 11 is 19.3. The van der Waals surface area contributed by atoms with Crippen molar-refractivity contribution in [1.82, 2.24) is 10.2 Å². The average Bonchev–Trinajstić information content (AvgIpc) is 3.50. The van der Waals surface area contributed by atoms with Crippen molar-refractivity contribution >= 4 is 62.3 Å². The molecule has 0 aliphatic heterocycles. The second-order valence-electron chi connectivity index (χ2n) is 10.8. The van der Waals surface area contributed by atoms with E-state index < -0.39 is 28.5 Å². The maximum Gasteiger partial charge on any atom is 0.264 e. The van der Waals surface area contributed by atoms with E-state index in [0.717, 1.165) is 35.6 Å². The number of carbonyl (C=O) groups is 2. The predicted octanol–water partition coefficient (Wildman–Crippen LogP) is 7.03. The summed E-state index contributed by atoms with van der Waals surface area (Å²) in [6, 6.07) is 14.9. The number of benzene rings is 3. The molecule has 44 heavy (non-hydrogen) atoms. The number of sulfonamides is 1. The minimum atomic E-state index is -4.31. The molecule has 1 aliphatic carbocycles. The molecule has 0 spiro atoms. The third-order valence-corrected chi connectivity index (χ3v) is 10.5. The Morgan fingerprint density at radius 1 is 1.00 bits per heavy atom. The SMILES string of the molecule is CCC(C(=O)NC1CCCC1)N(Cc1c(Cl)cccc1Cl)C(=O)CN(c1cc(Cl)ccc1OC)S(=O)(=O)c1ccc(C)cc1. The minimum absolute atomic E-state index is 0.0199. The van der Waals surface area contributed by atoms with Crippen LogP contribution >= 0.6 is 34.8 Å². The van der Waals surface area contributed by atoms with E-state index in [1.807, 2.05) is 6.92 Å². The van der Waals surface area contributed by atoms with Gasteiger partial charge in [-0.2, -0.15) is 0 Å². The Morgan fingerprint density at radius 3 is 2.23 bits per heavy atom. The topological polar surface area (TPSA) is 96.0 Å². The Morgan fingerprint density at radius 2 is 1.64 bits per heavy atom. The van der Waals surface area contributed by atoms with E-state index in [1.165, 1.54) is 36.3 Å². The molecule has 12 heteroatoms. The van der Waals surface area contributed by atoms with Crippen molar-refractivity contribution < 1.29 is 22.7 Å². The van der Waals surface area contributed by atoms with E-state index in [0.29, 0.717) is 15.6 Å². The fraction of sp³-hybridized carbons (Fsp3) is 0.375. The van der Waals surface area contributed by atoms with Crippen LogP contribution in [0.5, 0.6) is 5.75 Å². The van der Waals surface area contributed by atoms with E-state index in [4.69, 9.17) is 39.5 Å². The molecule has 8 nitrogen and oxygen atoms in total. The highest BCUT2D eigenvalue weighted by atomic mass is 35.5. The molecule has 1 unspecified atom stereocenters. The highest BCUT2D eigenvalue weighted by Gasteiger charge is 2.36. The van der Waals surface area contributed by atoms with Crippen LogP contribution in [0.25, 0.3) is 0 Å². The maximum atomic E-state index is 14.4. The molecule has 1 fully saturated rings. The van der Waals surface area contributed by atoms with Crippen LogP contribution in [-0.2, 0) is 26.2 Å². The van der Waals surface area contributed by atoms with Crippen molar-refractivity contribution in [2.45, 2.75) is 69.5 Å². The van der Waals surface area contributed by atoms with Crippen LogP contribution in [0.1, 0.15) is 50.2 Å². The third kappa shape index (κ3) is 7.80. The summed E-state index contributed by atoms with van der Waals surface area (Å²) in [5, 5.41) is 3.98. The molecule has 0 aromatic heterocycles. The van der Waals surface area contributed by atoms with E-state index in [9.17, 15) is 18.0 Å². The van der Waals surface area contributed by atoms with Gasteiger partial charge in [-0.1, -0.05) is 78.3 Å². The fourth-order valence-corrected chi connectivity index (χ4v) is 7.45. The highest BCUT2D eigenvalue weighted by Crippen LogP contribution is 2.35. The Labute approximate surface area is 274 Å². The quantitative estimate of drug-likeness (QED) is 0.222. The molecule has 0 radical (unpaired) electrons. The van der Waals surface area contributed by atoms with Crippen LogP contribution in [0.15, 0.2) is 65.6 Å². The van der Waals surface area contributed by atoms with Crippen LogP contribution in [0.3, 0.4) is 0 Å². The molecule has 1 atom stereocenters. The number of anilines is 1. The molecule has 1 aliphatic rings. The lowest BCUT2D eigenvalue weighted by molar-refractivity contribution is -0.140. The summed E-state index contributed by atoms with van der Waals surface area (Å²) in [5.41, 5.74) is 1.39. The fourth-order valence-electron chi connectivity index (χ4n) is 5.35. The number of halogens is 3. The molecule has 3 aromatic rings. The first-order valence-corrected chi connectivity index (χ1v) is 17.0. The van der Waals surface area contributed by atoms with Gasteiger partial charge in [0.1, 0.15) is 18.3 Å². The molecule has 1 N–H and O–H groups in total. The summed E-state index contributed by atoms with van der Waals surface area (Å²) in [6.45, 7) is 2.88. The van der Waals surface area contributed by atoms with E-state index in [2.05, 4.69) is 5.32 Å². The molecule has 0 bridgehead atoms. The first-order valence-electron chi connectivity index (χ1n) is 14.4. The van der Waals surface area contributed by atoms with Crippen LogP contribution in [0, 0.1) is 6.92 Å². The summed E-state index contributed by atoms with van der Waals surface area (Å²) < 4.78 is 34.8. The monoisotopic (exact) mass is 679 g/mol. The number of hydrogen-bond acceptors (Lipinski definition) is 5. The minimum Gasteiger partial charge on any atom is -0.495 e. The average molecular weight is 681 g/mol. The zero-order chi connectivity index (χ0) is 32.0. The first-order chi connectivity index (χ1) is 21.0. The number of carbonyl (C=O) groups excluding carboxylic acids is 2. The number of methoxy groups -OCH3 is 1. The van der Waals surface area contributed by atoms with Gasteiger partial charge in [-0.05, 0) is 68.7 Å². The van der Waals surface area contributed by atoms with Gasteiger partial charge in [-0.15, -0.1) is 0 Å². The smallest absolute Gasteiger partial charge is 0.264 e. The van der Waals surface area contributed by atoms with Crippen LogP contribution in [0.2, 0.25) is 15.1 Å². The molecular weight excluding hydrogens is 645 g/mol. The van der Waals surface area contributed by atoms with Crippen molar-refractivity contribution in [2.75, 3.05) is 18.0 Å². The summed E-state index contributed by atoms with van der Waals surface area (Å²) in [6.07, 6.45) is 4.05. The molecular formula is C32H36Cl3N3O5S. The lowest BCUT2D eigenvalue weighted by Crippen LogP contribution is -2.53. The number of aryl methyl sites for hydroxylation is 1. The van der Waals surface area contributed by atoms with E-state index >= 15 is 0 Å². The van der Waals surface area contributed by atoms with Crippen LogP contribution < -0.4 is 14.4 Å². The maximum absolute atomic E-state index is 14.4. The van der Waals surface area contributed by atoms with Gasteiger partial charge in [-0.3, -0.25) is 13.9 Å². The van der Waals surface area contributed by atoms with Gasteiger partial charge >= 0.3 is 0 Å². The molecule has 236 valence electrons. The second-order valence-corrected chi connectivity index (χ2v) is 13.9. The summed E-state index contributed by atoms with van der Waals surface area (Å²) in [5.74, 6) is -0.749. The summed E-state index contributed by atoms with van der Waals surface area (Å²) in [7, 11) is -2.91. The van der Waals surface area contributed by atoms with Crippen LogP contribution in [-0.4, -0.2) is 50.9 Å². The largest absolute Gasteiger partial charge is 0.495 e. The Bertz CT molecular complexity index is 1570. The number of rotatable bonds is 12. The summed E-state index contributed by atoms with van der Waals surface area (Å²) in [4.78, 5) is 29.4. The lowest BCUT2D eigenvalue weighted by Gasteiger charge is -2.34. The van der Waals surface area contributed by atoms with Gasteiger partial charge < -0.3 is 15.0 Å². The number of hydrogen-bond donors (Lipinski definition) is 1. The van der Waals surface area contributed by atoms with Crippen molar-refractivity contribution in [2.24, 2.45) is 0 Å². The normalized spacial score (nSPS) is 14.2. The number of nitrogens with one attached hydrogen (secondary N) is 1. The predicted molar refractivity (Wildman–Crippen MR) is 175 cm³/mol. The molecule has 0 saturated heterocycles. The molecule has 1 saturated carbocycles. The van der Waals surface area contributed by atoms with Gasteiger partial charge in [-0.25, -0.2) is 8.42 Å². The molecule has 2 amide bonds. The van der Waals surface area contributed by atoms with E-state index in [1.54, 1.807) is 43.3 Å². The number of ether oxygens (including phenoxy) is 1. The molecule has 4 rings (SSSR count). The van der Waals surface area contributed by atoms with Crippen molar-refractivity contribution in [1.29, 1.82) is 0 Å². The van der Waals surface area contributed by atoms with Crippen molar-refractivity contribution in [3.8, 4) is 5.75 Å². The van der Waals surface area contributed by atoms with Gasteiger partial charge in [0.15, 0.2) is 0 Å². The third-order valence-electron chi connectivity index (χ3n) is 7.78. The van der Waals surface area contributed by atoms with E-state index in [-0.39, 0.29) is 46.3 Å². The molecule has 3 aromatic carbocycles. The van der Waals surface area contributed by atoms with Gasteiger partial charge in [0.25, 0.3) is 10.0 Å². The van der Waals surface area contributed by atoms with Crippen molar-refractivity contribution in [3.63, 3.8) is 0 Å².